The van der Waals surface area contributed by atoms with Crippen molar-refractivity contribution in [1.82, 2.24) is 0 Å². The van der Waals surface area contributed by atoms with Crippen LogP contribution in [0.15, 0.2) is 0 Å². The smallest absolute Gasteiger partial charge is 0.146 e. The fraction of sp³-hybridized carbons (Fsp3) is 0.800. The van der Waals surface area contributed by atoms with Gasteiger partial charge in [0.2, 0.25) is 0 Å². The van der Waals surface area contributed by atoms with E-state index in [0.717, 1.165) is 6.42 Å². The molecule has 0 aromatic rings. The van der Waals surface area contributed by atoms with Crippen LogP contribution in [0.1, 0.15) is 20.3 Å². The molecule has 0 amide bonds. The summed E-state index contributed by atoms with van der Waals surface area (Å²) in [5.41, 5.74) is 0. The molecule has 0 spiro atoms. The van der Waals surface area contributed by atoms with Crippen molar-refractivity contribution in [2.75, 3.05) is 13.9 Å². The molecule has 0 saturated carbocycles. The van der Waals surface area contributed by atoms with Gasteiger partial charge in [-0.05, 0) is 12.3 Å². The van der Waals surface area contributed by atoms with Gasteiger partial charge in [0.1, 0.15) is 12.9 Å². The van der Waals surface area contributed by atoms with Gasteiger partial charge in [-0.1, -0.05) is 19.8 Å². The van der Waals surface area contributed by atoms with E-state index in [1.807, 2.05) is 13.8 Å². The predicted octanol–water partition coefficient (Wildman–Crippen LogP) is 1.02. The Bertz CT molecular complexity index is 160. The maximum atomic E-state index is 9.38. The normalized spacial score (nSPS) is 15.4. The third kappa shape index (κ3) is 5.64. The molecule has 0 radical (unpaired) electrons. The highest BCUT2D eigenvalue weighted by Crippen LogP contribution is 2.11. The lowest BCUT2D eigenvalue weighted by molar-refractivity contribution is -0.106. The summed E-state index contributed by atoms with van der Waals surface area (Å²) in [5, 5.41) is 9.38. The van der Waals surface area contributed by atoms with Crippen molar-refractivity contribution < 1.29 is 14.6 Å². The molecule has 0 unspecified atom stereocenters. The second-order valence-electron chi connectivity index (χ2n) is 3.35. The highest BCUT2D eigenvalue weighted by Gasteiger charge is 2.18. The molecule has 0 bridgehead atoms. The molecule has 0 aliphatic carbocycles. The zero-order valence-corrected chi connectivity index (χ0v) is 8.49. The Labute approximate surface area is 80.0 Å². The molecule has 0 aromatic carbocycles. The summed E-state index contributed by atoms with van der Waals surface area (Å²) in [5.74, 6) is 2.69. The fourth-order valence-electron chi connectivity index (χ4n) is 1.02. The van der Waals surface area contributed by atoms with Crippen LogP contribution >= 0.6 is 0 Å². The molecule has 0 aromatic heterocycles. The Morgan fingerprint density at radius 3 is 2.46 bits per heavy atom. The van der Waals surface area contributed by atoms with Crippen molar-refractivity contribution >= 4 is 0 Å². The quantitative estimate of drug-likeness (QED) is 0.497. The Balaban J connectivity index is 3.96. The zero-order chi connectivity index (χ0) is 10.3. The molecule has 0 aliphatic rings. The van der Waals surface area contributed by atoms with Crippen LogP contribution in [0.25, 0.3) is 0 Å². The van der Waals surface area contributed by atoms with E-state index in [4.69, 9.17) is 15.9 Å². The molecule has 0 saturated heterocycles. The second kappa shape index (κ2) is 6.90. The van der Waals surface area contributed by atoms with Crippen LogP contribution in [0.3, 0.4) is 0 Å². The van der Waals surface area contributed by atoms with Crippen LogP contribution in [-0.4, -0.2) is 31.2 Å². The lowest BCUT2D eigenvalue weighted by Crippen LogP contribution is -2.29. The largest absolute Gasteiger partial charge is 0.378 e. The van der Waals surface area contributed by atoms with E-state index in [9.17, 15) is 5.11 Å². The Morgan fingerprint density at radius 1 is 1.46 bits per heavy atom. The summed E-state index contributed by atoms with van der Waals surface area (Å²) in [6, 6.07) is 0. The van der Waals surface area contributed by atoms with Gasteiger partial charge in [0.25, 0.3) is 0 Å². The number of terminal acetylenes is 1. The molecule has 3 heteroatoms. The molecule has 0 fully saturated rings. The van der Waals surface area contributed by atoms with Crippen LogP contribution in [0.5, 0.6) is 0 Å². The van der Waals surface area contributed by atoms with Crippen LogP contribution in [0.4, 0.5) is 0 Å². The molecule has 1 N–H and O–H groups in total. The number of rotatable bonds is 6. The molecular formula is C10H18O3. The minimum absolute atomic E-state index is 0.163. The van der Waals surface area contributed by atoms with Gasteiger partial charge in [0.15, 0.2) is 0 Å². The van der Waals surface area contributed by atoms with Gasteiger partial charge in [-0.15, -0.1) is 6.42 Å². The molecule has 13 heavy (non-hydrogen) atoms. The van der Waals surface area contributed by atoms with E-state index >= 15 is 0 Å². The summed E-state index contributed by atoms with van der Waals surface area (Å²) in [6.07, 6.45) is 4.65. The SMILES string of the molecule is C#C[C@H](O)[C@H](CC(C)C)OCOC. The van der Waals surface area contributed by atoms with E-state index < -0.39 is 6.10 Å². The monoisotopic (exact) mass is 186 g/mol. The number of methoxy groups -OCH3 is 1. The van der Waals surface area contributed by atoms with Crippen LogP contribution in [-0.2, 0) is 9.47 Å². The van der Waals surface area contributed by atoms with Gasteiger partial charge in [-0.25, -0.2) is 0 Å². The van der Waals surface area contributed by atoms with Gasteiger partial charge >= 0.3 is 0 Å². The third-order valence-electron chi connectivity index (χ3n) is 1.63. The number of hydrogen-bond acceptors (Lipinski definition) is 3. The Morgan fingerprint density at radius 2 is 2.08 bits per heavy atom. The number of aliphatic hydroxyl groups is 1. The minimum Gasteiger partial charge on any atom is -0.378 e. The predicted molar refractivity (Wildman–Crippen MR) is 51.0 cm³/mol. The first-order valence-corrected chi connectivity index (χ1v) is 4.36. The zero-order valence-electron chi connectivity index (χ0n) is 8.49. The van der Waals surface area contributed by atoms with E-state index in [-0.39, 0.29) is 12.9 Å². The van der Waals surface area contributed by atoms with Gasteiger partial charge in [0.05, 0.1) is 6.10 Å². The van der Waals surface area contributed by atoms with E-state index in [1.165, 1.54) is 7.11 Å². The lowest BCUT2D eigenvalue weighted by Gasteiger charge is -2.21. The number of aliphatic hydroxyl groups excluding tert-OH is 1. The summed E-state index contributed by atoms with van der Waals surface area (Å²) in [4.78, 5) is 0. The van der Waals surface area contributed by atoms with Crippen molar-refractivity contribution in [3.05, 3.63) is 0 Å². The Hall–Kier alpha value is -0.560. The average molecular weight is 186 g/mol. The van der Waals surface area contributed by atoms with Crippen molar-refractivity contribution in [2.24, 2.45) is 5.92 Å². The Kier molecular flexibility index (Phi) is 6.61. The third-order valence-corrected chi connectivity index (χ3v) is 1.63. The van der Waals surface area contributed by atoms with Gasteiger partial charge in [-0.2, -0.15) is 0 Å². The number of ether oxygens (including phenoxy) is 2. The highest BCUT2D eigenvalue weighted by molar-refractivity contribution is 4.97. The minimum atomic E-state index is -0.849. The second-order valence-corrected chi connectivity index (χ2v) is 3.35. The van der Waals surface area contributed by atoms with E-state index in [2.05, 4.69) is 5.92 Å². The summed E-state index contributed by atoms with van der Waals surface area (Å²) in [7, 11) is 1.54. The first-order chi connectivity index (χ1) is 6.11. The molecule has 0 aliphatic heterocycles. The van der Waals surface area contributed by atoms with Crippen LogP contribution < -0.4 is 0 Å². The van der Waals surface area contributed by atoms with Crippen molar-refractivity contribution in [1.29, 1.82) is 0 Å². The maximum absolute atomic E-state index is 9.38. The first-order valence-electron chi connectivity index (χ1n) is 4.36. The van der Waals surface area contributed by atoms with Crippen molar-refractivity contribution in [3.8, 4) is 12.3 Å². The first kappa shape index (κ1) is 12.4. The molecule has 0 heterocycles. The molecular weight excluding hydrogens is 168 g/mol. The highest BCUT2D eigenvalue weighted by atomic mass is 16.7. The summed E-state index contributed by atoms with van der Waals surface area (Å²) < 4.78 is 9.99. The maximum Gasteiger partial charge on any atom is 0.146 e. The van der Waals surface area contributed by atoms with Gasteiger partial charge < -0.3 is 14.6 Å². The van der Waals surface area contributed by atoms with Gasteiger partial charge in [-0.3, -0.25) is 0 Å². The summed E-state index contributed by atoms with van der Waals surface area (Å²) in [6.45, 7) is 4.26. The van der Waals surface area contributed by atoms with E-state index in [0.29, 0.717) is 5.92 Å². The van der Waals surface area contributed by atoms with Crippen LogP contribution in [0, 0.1) is 18.3 Å². The fourth-order valence-corrected chi connectivity index (χ4v) is 1.02. The van der Waals surface area contributed by atoms with Crippen LogP contribution in [0.2, 0.25) is 0 Å². The van der Waals surface area contributed by atoms with E-state index in [1.54, 1.807) is 0 Å². The van der Waals surface area contributed by atoms with Crippen molar-refractivity contribution in [2.45, 2.75) is 32.5 Å². The molecule has 76 valence electrons. The lowest BCUT2D eigenvalue weighted by atomic mass is 10.0. The summed E-state index contributed by atoms with van der Waals surface area (Å²) >= 11 is 0. The van der Waals surface area contributed by atoms with Gasteiger partial charge in [0, 0.05) is 7.11 Å². The molecule has 0 rings (SSSR count). The number of hydrogen-bond donors (Lipinski definition) is 1. The topological polar surface area (TPSA) is 38.7 Å². The molecule has 2 atom stereocenters. The van der Waals surface area contributed by atoms with Crippen molar-refractivity contribution in [3.63, 3.8) is 0 Å². The standard InChI is InChI=1S/C10H18O3/c1-5-9(11)10(6-8(2)3)13-7-12-4/h1,8-11H,6-7H2,2-4H3/t9-,10-/m0/s1. The molecule has 3 nitrogen and oxygen atoms in total. The average Bonchev–Trinajstić information content (AvgIpc) is 2.10.